The highest BCUT2D eigenvalue weighted by atomic mass is 79.9. The van der Waals surface area contributed by atoms with Crippen molar-refractivity contribution in [3.63, 3.8) is 0 Å². The Balaban J connectivity index is 2.37. The van der Waals surface area contributed by atoms with Gasteiger partial charge in [0.05, 0.1) is 9.40 Å². The van der Waals surface area contributed by atoms with E-state index in [9.17, 15) is 14.5 Å². The molecule has 2 N–H and O–H groups in total. The summed E-state index contributed by atoms with van der Waals surface area (Å²) in [5.41, 5.74) is 5.91. The van der Waals surface area contributed by atoms with Crippen LogP contribution in [0.4, 0.5) is 15.8 Å². The summed E-state index contributed by atoms with van der Waals surface area (Å²) in [4.78, 5) is 12.5. The number of halogens is 2. The Morgan fingerprint density at radius 3 is 2.95 bits per heavy atom. The molecule has 0 aliphatic carbocycles. The summed E-state index contributed by atoms with van der Waals surface area (Å²) < 4.78 is 13.7. The molecular weight excluding hydrogens is 317 g/mol. The van der Waals surface area contributed by atoms with Crippen molar-refractivity contribution in [1.82, 2.24) is 0 Å². The number of nitrogens with two attached hydrogens (primary N) is 1. The molecule has 1 aliphatic rings. The van der Waals surface area contributed by atoms with Gasteiger partial charge in [0, 0.05) is 25.2 Å². The lowest BCUT2D eigenvalue weighted by molar-refractivity contribution is -0.384. The van der Waals surface area contributed by atoms with E-state index in [4.69, 9.17) is 5.73 Å². The first kappa shape index (κ1) is 14.2. The Bertz CT molecular complexity index is 498. The van der Waals surface area contributed by atoms with Crippen LogP contribution in [0.3, 0.4) is 0 Å². The second-order valence-corrected chi connectivity index (χ2v) is 5.56. The van der Waals surface area contributed by atoms with Gasteiger partial charge in [-0.1, -0.05) is 0 Å². The molecule has 0 spiro atoms. The summed E-state index contributed by atoms with van der Waals surface area (Å²) in [5.74, 6) is -0.185. The van der Waals surface area contributed by atoms with Crippen molar-refractivity contribution in [2.75, 3.05) is 24.5 Å². The minimum Gasteiger partial charge on any atom is -0.366 e. The monoisotopic (exact) mass is 331 g/mol. The number of piperidine rings is 1. The van der Waals surface area contributed by atoms with Crippen LogP contribution in [0, 0.1) is 21.8 Å². The number of benzene rings is 1. The molecule has 1 fully saturated rings. The summed E-state index contributed by atoms with van der Waals surface area (Å²) in [7, 11) is 0. The van der Waals surface area contributed by atoms with Crippen molar-refractivity contribution < 1.29 is 9.31 Å². The number of nitrogens with zero attached hydrogens (tertiary/aromatic N) is 2. The molecule has 2 rings (SSSR count). The molecule has 5 nitrogen and oxygen atoms in total. The molecule has 1 saturated heterocycles. The molecular formula is C12H15BrFN3O2. The van der Waals surface area contributed by atoms with Crippen LogP contribution in [0.15, 0.2) is 16.6 Å². The molecule has 1 heterocycles. The largest absolute Gasteiger partial charge is 0.366 e. The van der Waals surface area contributed by atoms with Crippen LogP contribution in [0.5, 0.6) is 0 Å². The summed E-state index contributed by atoms with van der Waals surface area (Å²) in [6.07, 6.45) is 1.93. The first-order valence-electron chi connectivity index (χ1n) is 6.11. The number of hydrogen-bond acceptors (Lipinski definition) is 4. The van der Waals surface area contributed by atoms with Crippen molar-refractivity contribution in [2.45, 2.75) is 12.8 Å². The summed E-state index contributed by atoms with van der Waals surface area (Å²) in [6.45, 7) is 1.88. The molecule has 0 bridgehead atoms. The molecule has 104 valence electrons. The fourth-order valence-corrected chi connectivity index (χ4v) is 2.73. The van der Waals surface area contributed by atoms with Gasteiger partial charge in [-0.25, -0.2) is 4.39 Å². The van der Waals surface area contributed by atoms with Crippen LogP contribution < -0.4 is 10.6 Å². The predicted molar refractivity (Wildman–Crippen MR) is 74.7 cm³/mol. The number of nitro groups is 1. The molecule has 1 aromatic carbocycles. The van der Waals surface area contributed by atoms with E-state index in [0.717, 1.165) is 12.8 Å². The highest BCUT2D eigenvalue weighted by molar-refractivity contribution is 9.10. The van der Waals surface area contributed by atoms with Crippen LogP contribution in [-0.2, 0) is 0 Å². The van der Waals surface area contributed by atoms with Crippen LogP contribution in [0.2, 0.25) is 0 Å². The van der Waals surface area contributed by atoms with E-state index >= 15 is 0 Å². The molecule has 19 heavy (non-hydrogen) atoms. The van der Waals surface area contributed by atoms with E-state index in [1.165, 1.54) is 12.1 Å². The first-order chi connectivity index (χ1) is 9.02. The quantitative estimate of drug-likeness (QED) is 0.682. The lowest BCUT2D eigenvalue weighted by Gasteiger charge is -2.33. The maximum atomic E-state index is 13.6. The Morgan fingerprint density at radius 1 is 1.58 bits per heavy atom. The molecule has 0 aromatic heterocycles. The topological polar surface area (TPSA) is 72.4 Å². The lowest BCUT2D eigenvalue weighted by Crippen LogP contribution is -2.38. The Labute approximate surface area is 118 Å². The molecule has 7 heteroatoms. The van der Waals surface area contributed by atoms with Gasteiger partial charge in [0.1, 0.15) is 11.5 Å². The van der Waals surface area contributed by atoms with Crippen LogP contribution in [0.25, 0.3) is 0 Å². The molecule has 1 atom stereocenters. The van der Waals surface area contributed by atoms with E-state index in [-0.39, 0.29) is 10.2 Å². The van der Waals surface area contributed by atoms with Crippen molar-refractivity contribution in [3.05, 3.63) is 32.5 Å². The van der Waals surface area contributed by atoms with Crippen LogP contribution in [0.1, 0.15) is 12.8 Å². The minimum atomic E-state index is -0.490. The SMILES string of the molecule is NCC1CCCN(c2cc(F)c(Br)cc2[N+](=O)[O-])C1. The smallest absolute Gasteiger partial charge is 0.293 e. The molecule has 1 aromatic rings. The summed E-state index contributed by atoms with van der Waals surface area (Å²) in [5, 5.41) is 11.1. The Morgan fingerprint density at radius 2 is 2.32 bits per heavy atom. The normalized spacial score (nSPS) is 19.5. The number of nitro benzene ring substituents is 1. The van der Waals surface area contributed by atoms with Crippen molar-refractivity contribution >= 4 is 27.3 Å². The predicted octanol–water partition coefficient (Wildman–Crippen LogP) is 2.67. The molecule has 0 saturated carbocycles. The van der Waals surface area contributed by atoms with Crippen molar-refractivity contribution in [2.24, 2.45) is 11.7 Å². The lowest BCUT2D eigenvalue weighted by atomic mass is 9.97. The van der Waals surface area contributed by atoms with E-state index in [2.05, 4.69) is 15.9 Å². The second kappa shape index (κ2) is 5.83. The average molecular weight is 332 g/mol. The van der Waals surface area contributed by atoms with E-state index < -0.39 is 10.7 Å². The number of hydrogen-bond donors (Lipinski definition) is 1. The van der Waals surface area contributed by atoms with Gasteiger partial charge < -0.3 is 10.6 Å². The van der Waals surface area contributed by atoms with Crippen molar-refractivity contribution in [1.29, 1.82) is 0 Å². The van der Waals surface area contributed by atoms with Crippen molar-refractivity contribution in [3.8, 4) is 0 Å². The van der Waals surface area contributed by atoms with Crippen LogP contribution in [-0.4, -0.2) is 24.6 Å². The summed E-state index contributed by atoms with van der Waals surface area (Å²) >= 11 is 2.98. The van der Waals surface area contributed by atoms with E-state index in [1.807, 2.05) is 4.90 Å². The zero-order valence-electron chi connectivity index (χ0n) is 10.3. The molecule has 1 unspecified atom stereocenters. The van der Waals surface area contributed by atoms with E-state index in [0.29, 0.717) is 31.2 Å². The van der Waals surface area contributed by atoms with Gasteiger partial charge in [0.25, 0.3) is 5.69 Å². The Hall–Kier alpha value is -1.21. The fourth-order valence-electron chi connectivity index (χ4n) is 2.40. The van der Waals surface area contributed by atoms with Gasteiger partial charge in [-0.2, -0.15) is 0 Å². The maximum Gasteiger partial charge on any atom is 0.293 e. The Kier molecular flexibility index (Phi) is 4.36. The van der Waals surface area contributed by atoms with E-state index in [1.54, 1.807) is 0 Å². The minimum absolute atomic E-state index is 0.0778. The third-order valence-corrected chi connectivity index (χ3v) is 4.01. The van der Waals surface area contributed by atoms with Gasteiger partial charge in [-0.15, -0.1) is 0 Å². The average Bonchev–Trinajstić information content (AvgIpc) is 2.41. The number of rotatable bonds is 3. The van der Waals surface area contributed by atoms with Gasteiger partial charge in [-0.3, -0.25) is 10.1 Å². The van der Waals surface area contributed by atoms with Gasteiger partial charge in [0.2, 0.25) is 0 Å². The van der Waals surface area contributed by atoms with Gasteiger partial charge >= 0.3 is 0 Å². The zero-order chi connectivity index (χ0) is 14.0. The summed E-state index contributed by atoms with van der Waals surface area (Å²) in [6, 6.07) is 2.44. The standard InChI is InChI=1S/C12H15BrFN3O2/c13-9-4-12(17(18)19)11(5-10(9)14)16-3-1-2-8(6-15)7-16/h4-5,8H,1-3,6-7,15H2. The maximum absolute atomic E-state index is 13.6. The first-order valence-corrected chi connectivity index (χ1v) is 6.90. The van der Waals surface area contributed by atoms with Crippen LogP contribution >= 0.6 is 15.9 Å². The fraction of sp³-hybridized carbons (Fsp3) is 0.500. The molecule has 1 aliphatic heterocycles. The third-order valence-electron chi connectivity index (χ3n) is 3.41. The highest BCUT2D eigenvalue weighted by Gasteiger charge is 2.26. The number of anilines is 1. The molecule has 0 radical (unpaired) electrons. The highest BCUT2D eigenvalue weighted by Crippen LogP contribution is 2.35. The second-order valence-electron chi connectivity index (χ2n) is 4.70. The third kappa shape index (κ3) is 3.03. The van der Waals surface area contributed by atoms with Gasteiger partial charge in [-0.05, 0) is 41.2 Å². The molecule has 0 amide bonds. The van der Waals surface area contributed by atoms with Gasteiger partial charge in [0.15, 0.2) is 0 Å². The zero-order valence-corrected chi connectivity index (χ0v) is 11.9.